The lowest BCUT2D eigenvalue weighted by Crippen LogP contribution is -2.37. The van der Waals surface area contributed by atoms with E-state index >= 15 is 0 Å². The molecule has 0 saturated heterocycles. The van der Waals surface area contributed by atoms with Crippen LogP contribution < -0.4 is 14.4 Å². The van der Waals surface area contributed by atoms with E-state index in [1.54, 1.807) is 0 Å². The summed E-state index contributed by atoms with van der Waals surface area (Å²) in [7, 11) is 0. The topological polar surface area (TPSA) is 59.0 Å². The molecule has 0 aliphatic carbocycles. The summed E-state index contributed by atoms with van der Waals surface area (Å²) in [6.07, 6.45) is 3.23. The Hall–Kier alpha value is -3.99. The van der Waals surface area contributed by atoms with Crippen LogP contribution in [0.3, 0.4) is 0 Å². The van der Waals surface area contributed by atoms with E-state index < -0.39 is 5.97 Å². The van der Waals surface area contributed by atoms with Crippen molar-refractivity contribution in [3.63, 3.8) is 0 Å². The first-order valence-electron chi connectivity index (χ1n) is 13.0. The van der Waals surface area contributed by atoms with Crippen LogP contribution in [0.2, 0.25) is 0 Å². The number of rotatable bonds is 9. The van der Waals surface area contributed by atoms with Gasteiger partial charge in [-0.2, -0.15) is 0 Å². The van der Waals surface area contributed by atoms with Crippen LogP contribution in [0.1, 0.15) is 43.2 Å². The van der Waals surface area contributed by atoms with Crippen molar-refractivity contribution in [3.05, 3.63) is 96.1 Å². The molecule has 2 atom stereocenters. The van der Waals surface area contributed by atoms with Crippen molar-refractivity contribution in [2.45, 2.75) is 45.1 Å². The minimum Gasteiger partial charge on any atom is -0.486 e. The number of carbonyl (C=O) groups is 1. The minimum atomic E-state index is -0.985. The molecule has 4 aromatic carbocycles. The first-order valence-corrected chi connectivity index (χ1v) is 13.0. The third kappa shape index (κ3) is 5.56. The summed E-state index contributed by atoms with van der Waals surface area (Å²) in [6, 6.07) is 29.1. The number of carboxylic acids is 1. The molecule has 1 heterocycles. The molecule has 0 fully saturated rings. The number of hydrogen-bond donors (Lipinski definition) is 1. The molecular weight excluding hydrogens is 462 g/mol. The molecule has 5 nitrogen and oxygen atoms in total. The molecule has 0 saturated carbocycles. The molecule has 4 aromatic rings. The van der Waals surface area contributed by atoms with Gasteiger partial charge in [0.1, 0.15) is 17.6 Å². The molecular formula is C32H33NO4. The zero-order valence-electron chi connectivity index (χ0n) is 21.4. The van der Waals surface area contributed by atoms with Crippen molar-refractivity contribution in [2.24, 2.45) is 0 Å². The number of aryl methyl sites for hydroxylation is 1. The largest absolute Gasteiger partial charge is 0.486 e. The van der Waals surface area contributed by atoms with Crippen LogP contribution >= 0.6 is 0 Å². The van der Waals surface area contributed by atoms with Crippen LogP contribution in [0, 0.1) is 6.92 Å². The fraction of sp³-hybridized carbons (Fsp3) is 0.281. The Bertz CT molecular complexity index is 1390. The molecule has 5 heteroatoms. The van der Waals surface area contributed by atoms with Gasteiger partial charge in [0.2, 0.25) is 0 Å². The number of nitrogens with zero attached hydrogens (tertiary/aromatic N) is 1. The van der Waals surface area contributed by atoms with Crippen LogP contribution in [-0.4, -0.2) is 30.3 Å². The molecule has 0 bridgehead atoms. The second kappa shape index (κ2) is 11.0. The van der Waals surface area contributed by atoms with Crippen molar-refractivity contribution < 1.29 is 19.4 Å². The van der Waals surface area contributed by atoms with E-state index in [1.807, 2.05) is 43.3 Å². The van der Waals surface area contributed by atoms with Crippen molar-refractivity contribution in [1.29, 1.82) is 0 Å². The quantitative estimate of drug-likeness (QED) is 0.261. The van der Waals surface area contributed by atoms with E-state index in [2.05, 4.69) is 60.4 Å². The van der Waals surface area contributed by atoms with Crippen LogP contribution in [0.4, 0.5) is 11.4 Å². The summed E-state index contributed by atoms with van der Waals surface area (Å²) in [5.74, 6) is 0.941. The van der Waals surface area contributed by atoms with Gasteiger partial charge in [-0.1, -0.05) is 61.5 Å². The zero-order valence-corrected chi connectivity index (χ0v) is 21.4. The highest BCUT2D eigenvalue weighted by Gasteiger charge is 2.27. The van der Waals surface area contributed by atoms with Gasteiger partial charge in [0.15, 0.2) is 6.61 Å². The third-order valence-electron chi connectivity index (χ3n) is 7.17. The monoisotopic (exact) mass is 495 g/mol. The molecule has 190 valence electrons. The Morgan fingerprint density at radius 1 is 1.03 bits per heavy atom. The number of para-hydroxylation sites is 2. The zero-order chi connectivity index (χ0) is 25.8. The number of carboxylic acid groups (broad SMARTS) is 1. The smallest absolute Gasteiger partial charge is 0.341 e. The average Bonchev–Trinajstić information content (AvgIpc) is 2.91. The van der Waals surface area contributed by atoms with Gasteiger partial charge in [0.05, 0.1) is 12.2 Å². The van der Waals surface area contributed by atoms with Gasteiger partial charge < -0.3 is 19.5 Å². The van der Waals surface area contributed by atoms with Crippen LogP contribution in [0.15, 0.2) is 84.9 Å². The highest BCUT2D eigenvalue weighted by molar-refractivity contribution is 5.86. The van der Waals surface area contributed by atoms with E-state index in [0.717, 1.165) is 48.5 Å². The van der Waals surface area contributed by atoms with Gasteiger partial charge in [-0.3, -0.25) is 0 Å². The fourth-order valence-corrected chi connectivity index (χ4v) is 5.33. The summed E-state index contributed by atoms with van der Waals surface area (Å²) >= 11 is 0. The molecule has 0 aromatic heterocycles. The first kappa shape index (κ1) is 24.7. The number of ether oxygens (including phenoxy) is 2. The highest BCUT2D eigenvalue weighted by atomic mass is 16.5. The second-order valence-electron chi connectivity index (χ2n) is 9.85. The van der Waals surface area contributed by atoms with Crippen molar-refractivity contribution in [2.75, 3.05) is 18.1 Å². The molecule has 0 spiro atoms. The lowest BCUT2D eigenvalue weighted by molar-refractivity contribution is -0.139. The van der Waals surface area contributed by atoms with Gasteiger partial charge in [0, 0.05) is 5.69 Å². The average molecular weight is 496 g/mol. The summed E-state index contributed by atoms with van der Waals surface area (Å²) in [6.45, 7) is 4.76. The SMILES string of the molecule is Cc1cc(OCC(=O)O)ccc1N1CC(CCC[C@H](C)c2cccc3ccccc23)Oc2ccccc21. The maximum Gasteiger partial charge on any atom is 0.341 e. The Morgan fingerprint density at radius 2 is 1.81 bits per heavy atom. The van der Waals surface area contributed by atoms with Crippen LogP contribution in [-0.2, 0) is 4.79 Å². The van der Waals surface area contributed by atoms with Gasteiger partial charge in [-0.25, -0.2) is 4.79 Å². The molecule has 1 N–H and O–H groups in total. The van der Waals surface area contributed by atoms with Crippen molar-refractivity contribution in [1.82, 2.24) is 0 Å². The number of aliphatic carboxylic acids is 1. The minimum absolute atomic E-state index is 0.0805. The summed E-state index contributed by atoms with van der Waals surface area (Å²) in [5, 5.41) is 11.6. The Labute approximate surface area is 218 Å². The predicted octanol–water partition coefficient (Wildman–Crippen LogP) is 7.48. The Balaban J connectivity index is 1.28. The summed E-state index contributed by atoms with van der Waals surface area (Å²) in [4.78, 5) is 13.2. The lowest BCUT2D eigenvalue weighted by Gasteiger charge is -2.37. The number of hydrogen-bond acceptors (Lipinski definition) is 4. The second-order valence-corrected chi connectivity index (χ2v) is 9.85. The molecule has 1 unspecified atom stereocenters. The van der Waals surface area contributed by atoms with E-state index in [-0.39, 0.29) is 12.7 Å². The number of anilines is 2. The third-order valence-corrected chi connectivity index (χ3v) is 7.17. The summed E-state index contributed by atoms with van der Waals surface area (Å²) in [5.41, 5.74) is 4.57. The molecule has 0 radical (unpaired) electrons. The van der Waals surface area contributed by atoms with Crippen molar-refractivity contribution in [3.8, 4) is 11.5 Å². The summed E-state index contributed by atoms with van der Waals surface area (Å²) < 4.78 is 11.8. The van der Waals surface area contributed by atoms with E-state index in [9.17, 15) is 4.79 Å². The van der Waals surface area contributed by atoms with Crippen LogP contribution in [0.5, 0.6) is 11.5 Å². The van der Waals surface area contributed by atoms with Crippen molar-refractivity contribution >= 4 is 28.1 Å². The normalized spacial score (nSPS) is 15.6. The molecule has 37 heavy (non-hydrogen) atoms. The molecule has 1 aliphatic rings. The maximum atomic E-state index is 10.9. The molecule has 5 rings (SSSR count). The highest BCUT2D eigenvalue weighted by Crippen LogP contribution is 2.41. The maximum absolute atomic E-state index is 10.9. The lowest BCUT2D eigenvalue weighted by atomic mass is 9.90. The van der Waals surface area contributed by atoms with Gasteiger partial charge in [0.25, 0.3) is 0 Å². The predicted molar refractivity (Wildman–Crippen MR) is 148 cm³/mol. The number of fused-ring (bicyclic) bond motifs is 2. The van der Waals surface area contributed by atoms with Crippen LogP contribution in [0.25, 0.3) is 10.8 Å². The van der Waals surface area contributed by atoms with E-state index in [1.165, 1.54) is 16.3 Å². The van der Waals surface area contributed by atoms with E-state index in [0.29, 0.717) is 11.7 Å². The molecule has 0 amide bonds. The first-order chi connectivity index (χ1) is 18.0. The fourth-order valence-electron chi connectivity index (χ4n) is 5.33. The standard InChI is InChI=1S/C32H33NO4/c1-22(27-14-8-11-24-10-3-4-13-28(24)27)9-7-12-26-20-33(30-15-5-6-16-31(30)37-26)29-18-17-25(19-23(29)2)36-21-32(34)35/h3-6,8,10-11,13-19,22,26H,7,9,12,20-21H2,1-2H3,(H,34,35)/t22-,26?/m0/s1. The Kier molecular flexibility index (Phi) is 7.31. The number of benzene rings is 4. The molecule has 1 aliphatic heterocycles. The van der Waals surface area contributed by atoms with E-state index in [4.69, 9.17) is 14.6 Å². The van der Waals surface area contributed by atoms with Gasteiger partial charge in [-0.15, -0.1) is 0 Å². The Morgan fingerprint density at radius 3 is 2.65 bits per heavy atom. The van der Waals surface area contributed by atoms with Gasteiger partial charge in [-0.05, 0) is 84.3 Å². The van der Waals surface area contributed by atoms with Gasteiger partial charge >= 0.3 is 5.97 Å².